The van der Waals surface area contributed by atoms with Crippen LogP contribution in [0.2, 0.25) is 0 Å². The number of nitrogens with zero attached hydrogens (tertiary/aromatic N) is 2. The number of likely N-dealkylation sites (N-methyl/N-ethyl adjacent to an activating group) is 2. The van der Waals surface area contributed by atoms with Crippen molar-refractivity contribution in [2.24, 2.45) is 0 Å². The van der Waals surface area contributed by atoms with Crippen molar-refractivity contribution in [2.45, 2.75) is 41.0 Å². The molecule has 0 bridgehead atoms. The Morgan fingerprint density at radius 2 is 1.26 bits per heavy atom. The fraction of sp³-hybridized carbons (Fsp3) is 0.536. The average Bonchev–Trinajstić information content (AvgIpc) is 3.15. The molecule has 0 amide bonds. The third kappa shape index (κ3) is 5.91. The predicted octanol–water partition coefficient (Wildman–Crippen LogP) is 5.13. The van der Waals surface area contributed by atoms with Gasteiger partial charge in [-0.15, -0.1) is 0 Å². The van der Waals surface area contributed by atoms with Crippen molar-refractivity contribution >= 4 is 5.78 Å². The quantitative estimate of drug-likeness (QED) is 0.308. The van der Waals surface area contributed by atoms with Crippen LogP contribution in [0.3, 0.4) is 0 Å². The van der Waals surface area contributed by atoms with Gasteiger partial charge in [0.15, 0.2) is 5.78 Å². The summed E-state index contributed by atoms with van der Waals surface area (Å²) >= 11 is 0. The average molecular weight is 469 g/mol. The number of ketones is 1. The molecule has 0 radical (unpaired) electrons. The minimum Gasteiger partial charge on any atom is -0.493 e. The van der Waals surface area contributed by atoms with Crippen LogP contribution in [-0.4, -0.2) is 74.7 Å². The van der Waals surface area contributed by atoms with Gasteiger partial charge in [0.1, 0.15) is 30.5 Å². The van der Waals surface area contributed by atoms with E-state index in [9.17, 15) is 4.79 Å². The topological polar surface area (TPSA) is 51.2 Å². The van der Waals surface area contributed by atoms with Crippen LogP contribution in [0.5, 0.6) is 17.2 Å². The molecule has 0 spiro atoms. The highest BCUT2D eigenvalue weighted by Crippen LogP contribution is 2.49. The molecule has 0 saturated carbocycles. The molecule has 34 heavy (non-hydrogen) atoms. The summed E-state index contributed by atoms with van der Waals surface area (Å²) in [5.74, 6) is 2.08. The first kappa shape index (κ1) is 26.0. The van der Waals surface area contributed by atoms with Crippen LogP contribution in [0, 0.1) is 0 Å². The van der Waals surface area contributed by atoms with E-state index >= 15 is 0 Å². The van der Waals surface area contributed by atoms with Crippen LogP contribution in [0.4, 0.5) is 0 Å². The van der Waals surface area contributed by atoms with Gasteiger partial charge in [0.2, 0.25) is 0 Å². The van der Waals surface area contributed by atoms with E-state index in [0.29, 0.717) is 42.4 Å². The highest BCUT2D eigenvalue weighted by molar-refractivity contribution is 6.23. The third-order valence-corrected chi connectivity index (χ3v) is 6.43. The van der Waals surface area contributed by atoms with Crippen molar-refractivity contribution in [2.75, 3.05) is 59.1 Å². The summed E-state index contributed by atoms with van der Waals surface area (Å²) in [6.07, 6.45) is 0.880. The summed E-state index contributed by atoms with van der Waals surface area (Å²) in [5.41, 5.74) is 2.95. The maximum absolute atomic E-state index is 13.4. The Hall–Kier alpha value is -2.57. The minimum atomic E-state index is -0.00488. The van der Waals surface area contributed by atoms with Crippen molar-refractivity contribution in [3.63, 3.8) is 0 Å². The molecule has 3 rings (SSSR count). The fourth-order valence-corrected chi connectivity index (χ4v) is 4.34. The first-order valence-corrected chi connectivity index (χ1v) is 12.8. The maximum Gasteiger partial charge on any atom is 0.194 e. The highest BCUT2D eigenvalue weighted by atomic mass is 16.5. The van der Waals surface area contributed by atoms with Crippen LogP contribution in [0.1, 0.15) is 57.0 Å². The fourth-order valence-electron chi connectivity index (χ4n) is 4.34. The Morgan fingerprint density at radius 1 is 0.676 bits per heavy atom. The van der Waals surface area contributed by atoms with E-state index in [2.05, 4.69) is 44.4 Å². The number of fused-ring (bicyclic) bond motifs is 3. The lowest BCUT2D eigenvalue weighted by atomic mass is 10.0. The van der Waals surface area contributed by atoms with Crippen molar-refractivity contribution in [1.29, 1.82) is 0 Å². The summed E-state index contributed by atoms with van der Waals surface area (Å²) in [6, 6.07) is 9.49. The van der Waals surface area contributed by atoms with Gasteiger partial charge in [-0.05, 0) is 44.7 Å². The summed E-state index contributed by atoms with van der Waals surface area (Å²) in [7, 11) is 0. The lowest BCUT2D eigenvalue weighted by molar-refractivity contribution is 0.104. The monoisotopic (exact) mass is 468 g/mol. The minimum absolute atomic E-state index is 0.00488. The van der Waals surface area contributed by atoms with Crippen molar-refractivity contribution in [3.8, 4) is 28.4 Å². The standard InChI is InChI=1S/C28H40N2O4/c1-6-16-33-25-20-21(32-17-14-29(7-2)8-3)19-23-27(25)26-22(28(23)31)12-11-13-24(26)34-18-15-30(9-4)10-5/h11-13,19-20H,6-10,14-18H2,1-5H3. The second kappa shape index (κ2) is 12.8. The molecule has 186 valence electrons. The van der Waals surface area contributed by atoms with Gasteiger partial charge in [0.25, 0.3) is 0 Å². The van der Waals surface area contributed by atoms with Gasteiger partial charge in [0, 0.05) is 41.4 Å². The molecule has 0 N–H and O–H groups in total. The zero-order valence-corrected chi connectivity index (χ0v) is 21.5. The van der Waals surface area contributed by atoms with Gasteiger partial charge >= 0.3 is 0 Å². The number of ether oxygens (including phenoxy) is 3. The molecular weight excluding hydrogens is 428 g/mol. The smallest absolute Gasteiger partial charge is 0.194 e. The summed E-state index contributed by atoms with van der Waals surface area (Å²) in [4.78, 5) is 18.0. The lowest BCUT2D eigenvalue weighted by Crippen LogP contribution is -2.28. The van der Waals surface area contributed by atoms with Crippen molar-refractivity contribution in [3.05, 3.63) is 41.5 Å². The molecule has 0 aromatic heterocycles. The van der Waals surface area contributed by atoms with Gasteiger partial charge in [-0.2, -0.15) is 0 Å². The van der Waals surface area contributed by atoms with Crippen LogP contribution in [0.25, 0.3) is 11.1 Å². The molecule has 0 unspecified atom stereocenters. The number of rotatable bonds is 15. The van der Waals surface area contributed by atoms with Crippen LogP contribution >= 0.6 is 0 Å². The molecule has 1 aliphatic rings. The van der Waals surface area contributed by atoms with Gasteiger partial charge in [-0.3, -0.25) is 4.79 Å². The van der Waals surface area contributed by atoms with Crippen LogP contribution in [-0.2, 0) is 0 Å². The van der Waals surface area contributed by atoms with Gasteiger partial charge in [-0.1, -0.05) is 46.8 Å². The van der Waals surface area contributed by atoms with Gasteiger partial charge in [-0.25, -0.2) is 0 Å². The number of benzene rings is 2. The van der Waals surface area contributed by atoms with Crippen LogP contribution < -0.4 is 14.2 Å². The summed E-state index contributed by atoms with van der Waals surface area (Å²) in [5, 5.41) is 0. The lowest BCUT2D eigenvalue weighted by Gasteiger charge is -2.20. The molecule has 0 aliphatic heterocycles. The van der Waals surface area contributed by atoms with E-state index < -0.39 is 0 Å². The predicted molar refractivity (Wildman–Crippen MR) is 138 cm³/mol. The molecule has 0 fully saturated rings. The first-order valence-electron chi connectivity index (χ1n) is 12.8. The van der Waals surface area contributed by atoms with Crippen LogP contribution in [0.15, 0.2) is 30.3 Å². The molecule has 0 heterocycles. The molecule has 6 nitrogen and oxygen atoms in total. The molecule has 2 aromatic carbocycles. The highest BCUT2D eigenvalue weighted by Gasteiger charge is 2.33. The largest absolute Gasteiger partial charge is 0.493 e. The van der Waals surface area contributed by atoms with E-state index in [1.54, 1.807) is 0 Å². The molecular formula is C28H40N2O4. The molecule has 1 aliphatic carbocycles. The van der Waals surface area contributed by atoms with Gasteiger partial charge in [0.05, 0.1) is 6.61 Å². The Kier molecular flexibility index (Phi) is 9.78. The number of hydrogen-bond acceptors (Lipinski definition) is 6. The molecule has 0 saturated heterocycles. The maximum atomic E-state index is 13.4. The van der Waals surface area contributed by atoms with E-state index in [0.717, 1.165) is 62.6 Å². The second-order valence-corrected chi connectivity index (χ2v) is 8.45. The van der Waals surface area contributed by atoms with Crippen molar-refractivity contribution < 1.29 is 19.0 Å². The molecule has 2 aromatic rings. The SMILES string of the molecule is CCCOc1cc(OCCN(CC)CC)cc2c1-c1c(OCCN(CC)CC)cccc1C2=O. The number of hydrogen-bond donors (Lipinski definition) is 0. The summed E-state index contributed by atoms with van der Waals surface area (Å²) < 4.78 is 18.4. The third-order valence-electron chi connectivity index (χ3n) is 6.43. The second-order valence-electron chi connectivity index (χ2n) is 8.45. The Balaban J connectivity index is 1.90. The van der Waals surface area contributed by atoms with E-state index in [1.807, 2.05) is 30.3 Å². The summed E-state index contributed by atoms with van der Waals surface area (Å²) in [6.45, 7) is 18.0. The van der Waals surface area contributed by atoms with E-state index in [4.69, 9.17) is 14.2 Å². The Morgan fingerprint density at radius 3 is 1.88 bits per heavy atom. The number of carbonyl (C=O) groups excluding carboxylic acids is 1. The Bertz CT molecular complexity index is 952. The van der Waals surface area contributed by atoms with E-state index in [-0.39, 0.29) is 5.78 Å². The Labute approximate surface area is 204 Å². The number of carbonyl (C=O) groups is 1. The normalized spacial score (nSPS) is 12.3. The molecule has 6 heteroatoms. The zero-order valence-electron chi connectivity index (χ0n) is 21.5. The zero-order chi connectivity index (χ0) is 24.5. The molecule has 0 atom stereocenters. The van der Waals surface area contributed by atoms with Gasteiger partial charge < -0.3 is 24.0 Å². The van der Waals surface area contributed by atoms with E-state index in [1.165, 1.54) is 0 Å². The van der Waals surface area contributed by atoms with Crippen molar-refractivity contribution in [1.82, 2.24) is 9.80 Å². The first-order chi connectivity index (χ1) is 16.6.